The Morgan fingerprint density at radius 2 is 2.29 bits per heavy atom. The summed E-state index contributed by atoms with van der Waals surface area (Å²) >= 11 is 1.64. The Labute approximate surface area is 87.5 Å². The summed E-state index contributed by atoms with van der Waals surface area (Å²) in [6, 6.07) is -0.295. The number of nitrogens with one attached hydrogen (secondary N) is 1. The van der Waals surface area contributed by atoms with Gasteiger partial charge in [-0.1, -0.05) is 0 Å². The SMILES string of the molecule is Cc1nc(C)c(CN[C@@H](C)C(N)=O)s1. The Morgan fingerprint density at radius 3 is 2.71 bits per heavy atom. The van der Waals surface area contributed by atoms with Gasteiger partial charge in [0.2, 0.25) is 5.91 Å². The third kappa shape index (κ3) is 2.78. The lowest BCUT2D eigenvalue weighted by Crippen LogP contribution is -2.38. The van der Waals surface area contributed by atoms with Crippen LogP contribution in [-0.2, 0) is 11.3 Å². The Hall–Kier alpha value is -0.940. The lowest BCUT2D eigenvalue weighted by atomic mass is 10.3. The van der Waals surface area contributed by atoms with E-state index in [4.69, 9.17) is 5.73 Å². The maximum absolute atomic E-state index is 10.8. The number of rotatable bonds is 4. The van der Waals surface area contributed by atoms with E-state index in [2.05, 4.69) is 10.3 Å². The van der Waals surface area contributed by atoms with Crippen LogP contribution in [0.25, 0.3) is 0 Å². The third-order valence-corrected chi connectivity index (χ3v) is 3.07. The first-order valence-corrected chi connectivity index (χ1v) is 5.28. The Balaban J connectivity index is 2.53. The van der Waals surface area contributed by atoms with Crippen LogP contribution in [0.1, 0.15) is 22.5 Å². The zero-order chi connectivity index (χ0) is 10.7. The second kappa shape index (κ2) is 4.52. The maximum atomic E-state index is 10.8. The first-order chi connectivity index (χ1) is 6.50. The van der Waals surface area contributed by atoms with E-state index in [-0.39, 0.29) is 11.9 Å². The summed E-state index contributed by atoms with van der Waals surface area (Å²) in [5.41, 5.74) is 6.15. The number of thiazole rings is 1. The van der Waals surface area contributed by atoms with E-state index in [0.29, 0.717) is 6.54 Å². The zero-order valence-electron chi connectivity index (χ0n) is 8.63. The lowest BCUT2D eigenvalue weighted by Gasteiger charge is -2.08. The molecule has 5 heteroatoms. The molecule has 1 atom stereocenters. The third-order valence-electron chi connectivity index (χ3n) is 2.00. The van der Waals surface area contributed by atoms with Crippen LogP contribution in [0.3, 0.4) is 0 Å². The molecule has 0 fully saturated rings. The van der Waals surface area contributed by atoms with Crippen molar-refractivity contribution in [3.63, 3.8) is 0 Å². The second-order valence-corrected chi connectivity index (χ2v) is 4.53. The number of carbonyl (C=O) groups excluding carboxylic acids is 1. The van der Waals surface area contributed by atoms with Crippen molar-refractivity contribution in [3.05, 3.63) is 15.6 Å². The molecule has 0 aliphatic heterocycles. The molecular weight excluding hydrogens is 198 g/mol. The average molecular weight is 213 g/mol. The molecule has 1 aromatic heterocycles. The first-order valence-electron chi connectivity index (χ1n) is 4.46. The highest BCUT2D eigenvalue weighted by Gasteiger charge is 2.09. The molecule has 1 aromatic rings. The number of aryl methyl sites for hydroxylation is 2. The first kappa shape index (κ1) is 11.1. The highest BCUT2D eigenvalue weighted by atomic mass is 32.1. The molecule has 1 amide bonds. The van der Waals surface area contributed by atoms with Crippen LogP contribution in [0.5, 0.6) is 0 Å². The van der Waals surface area contributed by atoms with Crippen molar-refractivity contribution in [1.29, 1.82) is 0 Å². The minimum Gasteiger partial charge on any atom is -0.368 e. The summed E-state index contributed by atoms with van der Waals surface area (Å²) in [5, 5.41) is 4.10. The van der Waals surface area contributed by atoms with Gasteiger partial charge in [-0.25, -0.2) is 4.98 Å². The number of nitrogens with two attached hydrogens (primary N) is 1. The summed E-state index contributed by atoms with van der Waals surface area (Å²) in [6.45, 7) is 6.35. The van der Waals surface area contributed by atoms with Gasteiger partial charge in [0.05, 0.1) is 16.7 Å². The summed E-state index contributed by atoms with van der Waals surface area (Å²) < 4.78 is 0. The normalized spacial score (nSPS) is 12.8. The highest BCUT2D eigenvalue weighted by Crippen LogP contribution is 2.16. The fraction of sp³-hybridized carbons (Fsp3) is 0.556. The number of aromatic nitrogens is 1. The monoisotopic (exact) mass is 213 g/mol. The number of hydrogen-bond acceptors (Lipinski definition) is 4. The summed E-state index contributed by atoms with van der Waals surface area (Å²) in [7, 11) is 0. The van der Waals surface area contributed by atoms with E-state index >= 15 is 0 Å². The van der Waals surface area contributed by atoms with Crippen LogP contribution in [0.2, 0.25) is 0 Å². The molecule has 0 saturated heterocycles. The number of amides is 1. The molecule has 3 N–H and O–H groups in total. The average Bonchev–Trinajstić information content (AvgIpc) is 2.40. The van der Waals surface area contributed by atoms with Gasteiger partial charge in [-0.3, -0.25) is 4.79 Å². The molecular formula is C9H15N3OS. The van der Waals surface area contributed by atoms with Crippen molar-refractivity contribution < 1.29 is 4.79 Å². The molecule has 1 rings (SSSR count). The number of hydrogen-bond donors (Lipinski definition) is 2. The van der Waals surface area contributed by atoms with Gasteiger partial charge in [-0.2, -0.15) is 0 Å². The quantitative estimate of drug-likeness (QED) is 0.774. The van der Waals surface area contributed by atoms with Gasteiger partial charge in [-0.15, -0.1) is 11.3 Å². The highest BCUT2D eigenvalue weighted by molar-refractivity contribution is 7.11. The topological polar surface area (TPSA) is 68.0 Å². The van der Waals surface area contributed by atoms with Crippen molar-refractivity contribution in [2.75, 3.05) is 0 Å². The van der Waals surface area contributed by atoms with Crippen LogP contribution in [-0.4, -0.2) is 16.9 Å². The van der Waals surface area contributed by atoms with Gasteiger partial charge in [0.25, 0.3) is 0 Å². The van der Waals surface area contributed by atoms with Crippen LogP contribution >= 0.6 is 11.3 Å². The predicted octanol–water partition coefficient (Wildman–Crippen LogP) is 0.723. The van der Waals surface area contributed by atoms with Gasteiger partial charge in [0.1, 0.15) is 0 Å². The van der Waals surface area contributed by atoms with E-state index in [1.54, 1.807) is 18.3 Å². The van der Waals surface area contributed by atoms with Crippen molar-refractivity contribution in [2.24, 2.45) is 5.73 Å². The standard InChI is InChI=1S/C9H15N3OS/c1-5-8(14-7(3)12-5)4-11-6(2)9(10)13/h6,11H,4H2,1-3H3,(H2,10,13)/t6-/m0/s1. The molecule has 0 aromatic carbocycles. The van der Waals surface area contributed by atoms with Crippen molar-refractivity contribution >= 4 is 17.2 Å². The smallest absolute Gasteiger partial charge is 0.234 e. The van der Waals surface area contributed by atoms with Gasteiger partial charge in [-0.05, 0) is 20.8 Å². The van der Waals surface area contributed by atoms with Gasteiger partial charge < -0.3 is 11.1 Å². The summed E-state index contributed by atoms with van der Waals surface area (Å²) in [6.07, 6.45) is 0. The minimum atomic E-state index is -0.330. The van der Waals surface area contributed by atoms with Crippen LogP contribution in [0.4, 0.5) is 0 Å². The molecule has 0 aliphatic carbocycles. The van der Waals surface area contributed by atoms with Crippen LogP contribution < -0.4 is 11.1 Å². The largest absolute Gasteiger partial charge is 0.368 e. The van der Waals surface area contributed by atoms with E-state index in [0.717, 1.165) is 15.6 Å². The molecule has 0 saturated carbocycles. The second-order valence-electron chi connectivity index (χ2n) is 3.25. The molecule has 0 aliphatic rings. The van der Waals surface area contributed by atoms with E-state index in [1.165, 1.54) is 0 Å². The fourth-order valence-electron chi connectivity index (χ4n) is 1.08. The van der Waals surface area contributed by atoms with E-state index in [1.807, 2.05) is 13.8 Å². The fourth-order valence-corrected chi connectivity index (χ4v) is 1.97. The van der Waals surface area contributed by atoms with Crippen molar-refractivity contribution in [1.82, 2.24) is 10.3 Å². The predicted molar refractivity (Wildman–Crippen MR) is 57.1 cm³/mol. The van der Waals surface area contributed by atoms with E-state index < -0.39 is 0 Å². The number of carbonyl (C=O) groups is 1. The van der Waals surface area contributed by atoms with Gasteiger partial charge >= 0.3 is 0 Å². The Bertz CT molecular complexity index is 335. The van der Waals surface area contributed by atoms with Crippen LogP contribution in [0, 0.1) is 13.8 Å². The van der Waals surface area contributed by atoms with Crippen LogP contribution in [0.15, 0.2) is 0 Å². The Morgan fingerprint density at radius 1 is 1.64 bits per heavy atom. The Kier molecular flexibility index (Phi) is 3.60. The zero-order valence-corrected chi connectivity index (χ0v) is 9.44. The van der Waals surface area contributed by atoms with Crippen molar-refractivity contribution in [2.45, 2.75) is 33.4 Å². The number of nitrogens with zero attached hydrogens (tertiary/aromatic N) is 1. The van der Waals surface area contributed by atoms with Gasteiger partial charge in [0.15, 0.2) is 0 Å². The van der Waals surface area contributed by atoms with Crippen molar-refractivity contribution in [3.8, 4) is 0 Å². The number of primary amides is 1. The summed E-state index contributed by atoms with van der Waals surface area (Å²) in [4.78, 5) is 16.2. The molecule has 0 radical (unpaired) electrons. The van der Waals surface area contributed by atoms with E-state index in [9.17, 15) is 4.79 Å². The molecule has 0 bridgehead atoms. The molecule has 1 heterocycles. The van der Waals surface area contributed by atoms with Gasteiger partial charge in [0, 0.05) is 11.4 Å². The maximum Gasteiger partial charge on any atom is 0.234 e. The molecule has 78 valence electrons. The summed E-state index contributed by atoms with van der Waals surface area (Å²) in [5.74, 6) is -0.330. The molecule has 0 spiro atoms. The minimum absolute atomic E-state index is 0.295. The molecule has 14 heavy (non-hydrogen) atoms. The molecule has 4 nitrogen and oxygen atoms in total. The molecule has 0 unspecified atom stereocenters. The lowest BCUT2D eigenvalue weighted by molar-refractivity contribution is -0.119.